The van der Waals surface area contributed by atoms with Crippen LogP contribution < -0.4 is 16.2 Å². The van der Waals surface area contributed by atoms with Gasteiger partial charge in [-0.15, -0.1) is 5.10 Å². The van der Waals surface area contributed by atoms with Crippen molar-refractivity contribution in [2.24, 2.45) is 11.5 Å². The van der Waals surface area contributed by atoms with Crippen LogP contribution >= 0.6 is 0 Å². The predicted octanol–water partition coefficient (Wildman–Crippen LogP) is 1.61. The summed E-state index contributed by atoms with van der Waals surface area (Å²) in [6.07, 6.45) is 0.617. The van der Waals surface area contributed by atoms with E-state index in [4.69, 9.17) is 26.3 Å². The van der Waals surface area contributed by atoms with Gasteiger partial charge in [-0.3, -0.25) is 4.79 Å². The van der Waals surface area contributed by atoms with Crippen molar-refractivity contribution >= 4 is 5.91 Å². The molecular weight excluding hydrogens is 370 g/mol. The van der Waals surface area contributed by atoms with Gasteiger partial charge in [0, 0.05) is 23.1 Å². The molecule has 29 heavy (non-hydrogen) atoms. The predicted molar refractivity (Wildman–Crippen MR) is 108 cm³/mol. The molecule has 1 aliphatic carbocycles. The Balaban J connectivity index is 1.76. The lowest BCUT2D eigenvalue weighted by molar-refractivity contribution is 0.100. The summed E-state index contributed by atoms with van der Waals surface area (Å²) in [5.74, 6) is 1.53. The molecule has 8 heteroatoms. The Morgan fingerprint density at radius 2 is 1.83 bits per heavy atom. The van der Waals surface area contributed by atoms with Crippen LogP contribution in [0.15, 0.2) is 48.5 Å². The van der Waals surface area contributed by atoms with E-state index in [9.17, 15) is 9.90 Å². The van der Waals surface area contributed by atoms with Crippen LogP contribution in [0, 0.1) is 0 Å². The molecule has 150 valence electrons. The standard InChI is InChI=1S/C21H23N5O3/c1-29-16-8-6-15(7-9-16)26-21(14-10-17(22)18(27)11-14)24-20(25-26)13-4-2-12(3-5-13)19(23)28/h2-9,14,17-18,27H,10-11,22H2,1H3,(H2,23,28)/t14-,17+,18+/m0/s1. The smallest absolute Gasteiger partial charge is 0.248 e. The van der Waals surface area contributed by atoms with Crippen molar-refractivity contribution in [1.29, 1.82) is 0 Å². The Kier molecular flexibility index (Phi) is 5.04. The highest BCUT2D eigenvalue weighted by molar-refractivity contribution is 5.93. The van der Waals surface area contributed by atoms with Crippen LogP contribution in [-0.4, -0.2) is 45.0 Å². The van der Waals surface area contributed by atoms with Gasteiger partial charge in [0.2, 0.25) is 5.91 Å². The van der Waals surface area contributed by atoms with Gasteiger partial charge in [0.25, 0.3) is 0 Å². The van der Waals surface area contributed by atoms with E-state index in [0.29, 0.717) is 24.2 Å². The van der Waals surface area contributed by atoms with E-state index in [-0.39, 0.29) is 12.0 Å². The topological polar surface area (TPSA) is 129 Å². The SMILES string of the molecule is COc1ccc(-n2nc(-c3ccc(C(N)=O)cc3)nc2[C@H]2C[C@@H](N)[C@H](O)C2)cc1. The van der Waals surface area contributed by atoms with Gasteiger partial charge in [0.05, 0.1) is 18.9 Å². The summed E-state index contributed by atoms with van der Waals surface area (Å²) in [4.78, 5) is 16.1. The number of nitrogens with zero attached hydrogens (tertiary/aromatic N) is 3. The monoisotopic (exact) mass is 393 g/mol. The fourth-order valence-corrected chi connectivity index (χ4v) is 3.67. The minimum absolute atomic E-state index is 0.00626. The summed E-state index contributed by atoms with van der Waals surface area (Å²) in [6.45, 7) is 0. The van der Waals surface area contributed by atoms with Crippen LogP contribution in [0.5, 0.6) is 5.75 Å². The number of carbonyl (C=O) groups excluding carboxylic acids is 1. The molecule has 8 nitrogen and oxygen atoms in total. The number of aromatic nitrogens is 3. The summed E-state index contributed by atoms with van der Waals surface area (Å²) in [5.41, 5.74) is 13.4. The molecule has 2 aromatic carbocycles. The number of carbonyl (C=O) groups is 1. The van der Waals surface area contributed by atoms with E-state index in [0.717, 1.165) is 22.8 Å². The third-order valence-electron chi connectivity index (χ3n) is 5.32. The van der Waals surface area contributed by atoms with Crippen LogP contribution in [-0.2, 0) is 0 Å². The second-order valence-electron chi connectivity index (χ2n) is 7.24. The maximum absolute atomic E-state index is 11.3. The Morgan fingerprint density at radius 1 is 1.14 bits per heavy atom. The summed E-state index contributed by atoms with van der Waals surface area (Å²) in [7, 11) is 1.62. The van der Waals surface area contributed by atoms with Gasteiger partial charge in [0.15, 0.2) is 5.82 Å². The molecule has 0 unspecified atom stereocenters. The number of amides is 1. The van der Waals surface area contributed by atoms with Crippen LogP contribution in [0.25, 0.3) is 17.1 Å². The van der Waals surface area contributed by atoms with Gasteiger partial charge in [-0.2, -0.15) is 0 Å². The van der Waals surface area contributed by atoms with E-state index >= 15 is 0 Å². The van der Waals surface area contributed by atoms with Gasteiger partial charge in [-0.1, -0.05) is 12.1 Å². The zero-order valence-corrected chi connectivity index (χ0v) is 16.0. The number of hydrogen-bond acceptors (Lipinski definition) is 6. The Bertz CT molecular complexity index is 1000. The first kappa shape index (κ1) is 19.1. The molecule has 0 aliphatic heterocycles. The summed E-state index contributed by atoms with van der Waals surface area (Å²) >= 11 is 0. The van der Waals surface area contributed by atoms with Crippen LogP contribution in [0.3, 0.4) is 0 Å². The number of benzene rings is 2. The van der Waals surface area contributed by atoms with Gasteiger partial charge in [0.1, 0.15) is 11.6 Å². The lowest BCUT2D eigenvalue weighted by Gasteiger charge is -2.11. The molecule has 0 saturated heterocycles. The minimum Gasteiger partial charge on any atom is -0.497 e. The third-order valence-corrected chi connectivity index (χ3v) is 5.32. The highest BCUT2D eigenvalue weighted by Gasteiger charge is 2.35. The molecule has 0 bridgehead atoms. The number of aliphatic hydroxyl groups excluding tert-OH is 1. The van der Waals surface area contributed by atoms with Crippen LogP contribution in [0.1, 0.15) is 34.9 Å². The zero-order chi connectivity index (χ0) is 20.5. The van der Waals surface area contributed by atoms with Crippen molar-refractivity contribution in [2.45, 2.75) is 30.9 Å². The Hall–Kier alpha value is -3.23. The van der Waals surface area contributed by atoms with Crippen molar-refractivity contribution in [3.05, 3.63) is 59.9 Å². The van der Waals surface area contributed by atoms with Gasteiger partial charge < -0.3 is 21.3 Å². The number of nitrogens with two attached hydrogens (primary N) is 2. The summed E-state index contributed by atoms with van der Waals surface area (Å²) in [6, 6.07) is 14.1. The largest absolute Gasteiger partial charge is 0.497 e. The first-order valence-electron chi connectivity index (χ1n) is 9.41. The molecule has 3 aromatic rings. The van der Waals surface area contributed by atoms with E-state index in [1.807, 2.05) is 24.3 Å². The molecule has 1 amide bonds. The van der Waals surface area contributed by atoms with Gasteiger partial charge in [-0.25, -0.2) is 9.67 Å². The zero-order valence-electron chi connectivity index (χ0n) is 16.0. The molecule has 1 aromatic heterocycles. The Labute approximate surface area is 168 Å². The number of hydrogen-bond donors (Lipinski definition) is 3. The van der Waals surface area contributed by atoms with Crippen molar-refractivity contribution in [3.8, 4) is 22.8 Å². The molecule has 1 aliphatic rings. The number of primary amides is 1. The fraction of sp³-hybridized carbons (Fsp3) is 0.286. The average Bonchev–Trinajstić information content (AvgIpc) is 3.32. The van der Waals surface area contributed by atoms with Gasteiger partial charge in [-0.05, 0) is 49.2 Å². The highest BCUT2D eigenvalue weighted by atomic mass is 16.5. The normalized spacial score (nSPS) is 21.3. The van der Waals surface area contributed by atoms with Crippen LogP contribution in [0.4, 0.5) is 0 Å². The Morgan fingerprint density at radius 3 is 2.38 bits per heavy atom. The maximum Gasteiger partial charge on any atom is 0.248 e. The first-order valence-corrected chi connectivity index (χ1v) is 9.41. The van der Waals surface area contributed by atoms with Crippen molar-refractivity contribution < 1.29 is 14.6 Å². The molecular formula is C21H23N5O3. The molecule has 4 rings (SSSR count). The second-order valence-corrected chi connectivity index (χ2v) is 7.24. The maximum atomic E-state index is 11.3. The van der Waals surface area contributed by atoms with Gasteiger partial charge >= 0.3 is 0 Å². The molecule has 1 fully saturated rings. The molecule has 0 spiro atoms. The van der Waals surface area contributed by atoms with E-state index in [1.54, 1.807) is 36.1 Å². The molecule has 1 saturated carbocycles. The highest BCUT2D eigenvalue weighted by Crippen LogP contribution is 2.35. The quantitative estimate of drug-likeness (QED) is 0.604. The van der Waals surface area contributed by atoms with E-state index < -0.39 is 12.0 Å². The number of methoxy groups -OCH3 is 1. The van der Waals surface area contributed by atoms with E-state index in [1.165, 1.54) is 0 Å². The molecule has 0 radical (unpaired) electrons. The first-order chi connectivity index (χ1) is 14.0. The fourth-order valence-electron chi connectivity index (χ4n) is 3.67. The van der Waals surface area contributed by atoms with Crippen molar-refractivity contribution in [3.63, 3.8) is 0 Å². The van der Waals surface area contributed by atoms with Crippen molar-refractivity contribution in [1.82, 2.24) is 14.8 Å². The van der Waals surface area contributed by atoms with E-state index in [2.05, 4.69) is 0 Å². The van der Waals surface area contributed by atoms with Crippen molar-refractivity contribution in [2.75, 3.05) is 7.11 Å². The summed E-state index contributed by atoms with van der Waals surface area (Å²) < 4.78 is 7.02. The third kappa shape index (κ3) is 3.72. The van der Waals surface area contributed by atoms with Crippen LogP contribution in [0.2, 0.25) is 0 Å². The molecule has 1 heterocycles. The molecule has 5 N–H and O–H groups in total. The summed E-state index contributed by atoms with van der Waals surface area (Å²) in [5, 5.41) is 14.8. The number of ether oxygens (including phenoxy) is 1. The number of aliphatic hydroxyl groups is 1. The molecule has 3 atom stereocenters. The number of rotatable bonds is 5. The average molecular weight is 393 g/mol. The lowest BCUT2D eigenvalue weighted by Crippen LogP contribution is -2.28. The second kappa shape index (κ2) is 7.65. The minimum atomic E-state index is -0.556. The lowest BCUT2D eigenvalue weighted by atomic mass is 10.1.